The van der Waals surface area contributed by atoms with Gasteiger partial charge in [0.15, 0.2) is 16.7 Å². The Hall–Kier alpha value is -3.33. The lowest BCUT2D eigenvalue weighted by Gasteiger charge is -2.07. The van der Waals surface area contributed by atoms with Gasteiger partial charge in [0.2, 0.25) is 5.91 Å². The number of Topliss-reactive ketones (excluding diaryl/α,β-unsaturated/α-hetero) is 1. The number of nitrogens with one attached hydrogen (secondary N) is 2. The van der Waals surface area contributed by atoms with Crippen LogP contribution in [0.2, 0.25) is 0 Å². The van der Waals surface area contributed by atoms with Crippen molar-refractivity contribution >= 4 is 39.8 Å². The zero-order chi connectivity index (χ0) is 21.4. The fraction of sp³-hybridized carbons (Fsp3) is 0.238. The van der Waals surface area contributed by atoms with E-state index >= 15 is 0 Å². The summed E-state index contributed by atoms with van der Waals surface area (Å²) in [7, 11) is 0. The van der Waals surface area contributed by atoms with Crippen molar-refractivity contribution < 1.29 is 23.2 Å². The summed E-state index contributed by atoms with van der Waals surface area (Å²) in [6, 6.07) is 4.30. The van der Waals surface area contributed by atoms with Gasteiger partial charge in [-0.2, -0.15) is 0 Å². The Morgan fingerprint density at radius 2 is 2.03 bits per heavy atom. The number of carbonyl (C=O) groups excluding carboxylic acids is 3. The van der Waals surface area contributed by atoms with Crippen LogP contribution in [0, 0.1) is 12.7 Å². The zero-order valence-corrected chi connectivity index (χ0v) is 17.1. The fourth-order valence-corrected chi connectivity index (χ4v) is 4.18. The van der Waals surface area contributed by atoms with Crippen molar-refractivity contribution in [2.75, 3.05) is 10.6 Å². The van der Waals surface area contributed by atoms with Gasteiger partial charge in [-0.1, -0.05) is 0 Å². The fourth-order valence-electron chi connectivity index (χ4n) is 3.48. The molecule has 3 aromatic rings. The number of aromatic nitrogens is 1. The molecule has 1 aromatic carbocycles. The van der Waals surface area contributed by atoms with E-state index in [1.807, 2.05) is 0 Å². The van der Waals surface area contributed by atoms with E-state index in [1.54, 1.807) is 18.4 Å². The molecule has 2 heterocycles. The van der Waals surface area contributed by atoms with Crippen molar-refractivity contribution in [2.24, 2.45) is 0 Å². The minimum absolute atomic E-state index is 0.00808. The van der Waals surface area contributed by atoms with E-state index in [0.717, 1.165) is 11.3 Å². The Labute approximate surface area is 175 Å². The van der Waals surface area contributed by atoms with E-state index < -0.39 is 11.7 Å². The van der Waals surface area contributed by atoms with Crippen molar-refractivity contribution in [3.05, 3.63) is 52.0 Å². The molecular formula is C21H18FN3O4S. The number of halogens is 1. The molecule has 7 nitrogen and oxygen atoms in total. The minimum atomic E-state index is -0.544. The Morgan fingerprint density at radius 3 is 2.73 bits per heavy atom. The number of thiazole rings is 1. The molecule has 1 aliphatic carbocycles. The predicted molar refractivity (Wildman–Crippen MR) is 110 cm³/mol. The number of anilines is 2. The molecule has 1 aliphatic rings. The number of nitrogens with zero attached hydrogens (tertiary/aromatic N) is 1. The van der Waals surface area contributed by atoms with Crippen LogP contribution in [0.25, 0.3) is 11.3 Å². The molecule has 154 valence electrons. The van der Waals surface area contributed by atoms with Gasteiger partial charge >= 0.3 is 0 Å². The summed E-state index contributed by atoms with van der Waals surface area (Å²) in [4.78, 5) is 40.1. The molecular weight excluding hydrogens is 409 g/mol. The highest BCUT2D eigenvalue weighted by Gasteiger charge is 2.29. The molecule has 0 spiro atoms. The third-order valence-corrected chi connectivity index (χ3v) is 5.56. The maximum atomic E-state index is 14.4. The van der Waals surface area contributed by atoms with Gasteiger partial charge in [-0.3, -0.25) is 19.7 Å². The molecule has 0 fully saturated rings. The molecule has 0 radical (unpaired) electrons. The first kappa shape index (κ1) is 20.0. The summed E-state index contributed by atoms with van der Waals surface area (Å²) in [6.45, 7) is 3.04. The van der Waals surface area contributed by atoms with Gasteiger partial charge in [0, 0.05) is 42.0 Å². The number of aryl methyl sites for hydroxylation is 1. The van der Waals surface area contributed by atoms with E-state index in [9.17, 15) is 18.8 Å². The number of ketones is 1. The van der Waals surface area contributed by atoms with Crippen LogP contribution in [0.4, 0.5) is 15.2 Å². The maximum absolute atomic E-state index is 14.4. The highest BCUT2D eigenvalue weighted by Crippen LogP contribution is 2.31. The molecule has 0 atom stereocenters. The second-order valence-electron chi connectivity index (χ2n) is 7.00. The number of fused-ring (bicyclic) bond motifs is 1. The minimum Gasteiger partial charge on any atom is -0.455 e. The van der Waals surface area contributed by atoms with E-state index in [4.69, 9.17) is 4.42 Å². The van der Waals surface area contributed by atoms with Crippen molar-refractivity contribution in [2.45, 2.75) is 33.1 Å². The third kappa shape index (κ3) is 3.76. The van der Waals surface area contributed by atoms with Crippen LogP contribution in [0.3, 0.4) is 0 Å². The van der Waals surface area contributed by atoms with Gasteiger partial charge in [-0.25, -0.2) is 9.37 Å². The first-order chi connectivity index (χ1) is 14.3. The average Bonchev–Trinajstić information content (AvgIpc) is 3.26. The first-order valence-corrected chi connectivity index (χ1v) is 10.2. The van der Waals surface area contributed by atoms with Gasteiger partial charge in [0.25, 0.3) is 5.91 Å². The Morgan fingerprint density at radius 1 is 1.23 bits per heavy atom. The Balaban J connectivity index is 1.54. The first-order valence-electron chi connectivity index (χ1n) is 9.33. The monoisotopic (exact) mass is 427 g/mol. The van der Waals surface area contributed by atoms with Crippen LogP contribution in [0.5, 0.6) is 0 Å². The molecule has 0 unspecified atom stereocenters. The van der Waals surface area contributed by atoms with Crippen LogP contribution >= 0.6 is 11.3 Å². The van der Waals surface area contributed by atoms with Gasteiger partial charge < -0.3 is 9.73 Å². The summed E-state index contributed by atoms with van der Waals surface area (Å²) in [6.07, 6.45) is 1.79. The van der Waals surface area contributed by atoms with Gasteiger partial charge in [-0.15, -0.1) is 11.3 Å². The van der Waals surface area contributed by atoms with Crippen LogP contribution in [0.15, 0.2) is 28.0 Å². The molecule has 0 bridgehead atoms. The van der Waals surface area contributed by atoms with E-state index in [1.165, 1.54) is 19.1 Å². The molecule has 0 saturated heterocycles. The quantitative estimate of drug-likeness (QED) is 0.635. The SMILES string of the molecule is CC(=O)Nc1ccc(-c2csc(NC(=O)c3oc4c(c3C)C(=O)CCC4)n2)c(F)c1. The van der Waals surface area contributed by atoms with Crippen LogP contribution in [-0.4, -0.2) is 22.6 Å². The van der Waals surface area contributed by atoms with Crippen LogP contribution < -0.4 is 10.6 Å². The smallest absolute Gasteiger partial charge is 0.293 e. The second kappa shape index (κ2) is 7.83. The molecule has 2 aromatic heterocycles. The van der Waals surface area contributed by atoms with Crippen LogP contribution in [0.1, 0.15) is 52.0 Å². The predicted octanol–water partition coefficient (Wildman–Crippen LogP) is 4.58. The number of amides is 2. The molecule has 0 saturated carbocycles. The number of furan rings is 1. The lowest BCUT2D eigenvalue weighted by molar-refractivity contribution is -0.114. The number of rotatable bonds is 4. The van der Waals surface area contributed by atoms with E-state index in [2.05, 4.69) is 15.6 Å². The van der Waals surface area contributed by atoms with Crippen LogP contribution in [-0.2, 0) is 11.2 Å². The maximum Gasteiger partial charge on any atom is 0.293 e. The number of hydrogen-bond donors (Lipinski definition) is 2. The molecule has 9 heteroatoms. The molecule has 2 amide bonds. The van der Waals surface area contributed by atoms with Crippen molar-refractivity contribution in [1.29, 1.82) is 0 Å². The summed E-state index contributed by atoms with van der Waals surface area (Å²) in [5, 5.41) is 7.07. The number of carbonyl (C=O) groups is 3. The highest BCUT2D eigenvalue weighted by atomic mass is 32.1. The molecule has 4 rings (SSSR count). The summed E-state index contributed by atoms with van der Waals surface area (Å²) in [5.41, 5.74) is 1.99. The van der Waals surface area contributed by atoms with E-state index in [0.29, 0.717) is 47.5 Å². The number of hydrogen-bond acceptors (Lipinski definition) is 6. The van der Waals surface area contributed by atoms with E-state index in [-0.39, 0.29) is 28.1 Å². The lowest BCUT2D eigenvalue weighted by atomic mass is 9.94. The standard InChI is InChI=1S/C21H18FN3O4S/c1-10-18-16(27)4-3-5-17(18)29-19(10)20(28)25-21-24-15(9-30-21)13-7-6-12(8-14(13)22)23-11(2)26/h6-9H,3-5H2,1-2H3,(H,23,26)(H,24,25,28). The third-order valence-electron chi connectivity index (χ3n) is 4.80. The molecule has 0 aliphatic heterocycles. The normalized spacial score (nSPS) is 13.1. The lowest BCUT2D eigenvalue weighted by Crippen LogP contribution is -2.13. The van der Waals surface area contributed by atoms with Gasteiger partial charge in [0.05, 0.1) is 11.3 Å². The topological polar surface area (TPSA) is 101 Å². The summed E-state index contributed by atoms with van der Waals surface area (Å²) < 4.78 is 20.1. The highest BCUT2D eigenvalue weighted by molar-refractivity contribution is 7.14. The Kier molecular flexibility index (Phi) is 5.21. The Bertz CT molecular complexity index is 1180. The molecule has 30 heavy (non-hydrogen) atoms. The largest absolute Gasteiger partial charge is 0.455 e. The summed E-state index contributed by atoms with van der Waals surface area (Å²) >= 11 is 1.14. The van der Waals surface area contributed by atoms with Crippen molar-refractivity contribution in [1.82, 2.24) is 4.98 Å². The molecule has 2 N–H and O–H groups in total. The second-order valence-corrected chi connectivity index (χ2v) is 7.86. The summed E-state index contributed by atoms with van der Waals surface area (Å²) in [5.74, 6) is -0.703. The zero-order valence-electron chi connectivity index (χ0n) is 16.3. The van der Waals surface area contributed by atoms with Crippen molar-refractivity contribution in [3.8, 4) is 11.3 Å². The van der Waals surface area contributed by atoms with Gasteiger partial charge in [0.1, 0.15) is 11.6 Å². The van der Waals surface area contributed by atoms with Gasteiger partial charge in [-0.05, 0) is 31.5 Å². The average molecular weight is 427 g/mol. The van der Waals surface area contributed by atoms with Crippen molar-refractivity contribution in [3.63, 3.8) is 0 Å². The number of benzene rings is 1.